The monoisotopic (exact) mass is 245 g/mol. The van der Waals surface area contributed by atoms with E-state index in [4.69, 9.17) is 0 Å². The molecule has 0 atom stereocenters. The van der Waals surface area contributed by atoms with Gasteiger partial charge in [-0.25, -0.2) is 0 Å². The van der Waals surface area contributed by atoms with Crippen molar-refractivity contribution in [1.29, 1.82) is 0 Å². The van der Waals surface area contributed by atoms with E-state index in [0.717, 1.165) is 11.3 Å². The van der Waals surface area contributed by atoms with E-state index in [9.17, 15) is 0 Å². The summed E-state index contributed by atoms with van der Waals surface area (Å²) in [6, 6.07) is 2.22. The Morgan fingerprint density at radius 1 is 1.54 bits per heavy atom. The Morgan fingerprint density at radius 2 is 2.31 bits per heavy atom. The number of aryl methyl sites for hydroxylation is 2. The van der Waals surface area contributed by atoms with Gasteiger partial charge in [0.25, 0.3) is 0 Å². The van der Waals surface area contributed by atoms with Crippen LogP contribution in [0, 0.1) is 6.92 Å². The van der Waals surface area contributed by atoms with Crippen molar-refractivity contribution in [3.8, 4) is 0 Å². The maximum atomic E-state index is 4.41. The van der Waals surface area contributed by atoms with Crippen LogP contribution in [0.2, 0.25) is 0 Å². The normalized spacial score (nSPS) is 11.1. The second-order valence-corrected chi connectivity index (χ2v) is 5.02. The fourth-order valence-corrected chi connectivity index (χ4v) is 2.50. The van der Waals surface area contributed by atoms with Crippen LogP contribution in [-0.2, 0) is 6.54 Å². The zero-order valence-electron chi connectivity index (χ0n) is 8.20. The number of hydrogen-bond acceptors (Lipinski definition) is 2. The molecule has 2 aromatic rings. The van der Waals surface area contributed by atoms with Crippen molar-refractivity contribution in [2.24, 2.45) is 7.05 Å². The molecule has 0 bridgehead atoms. The summed E-state index contributed by atoms with van der Waals surface area (Å²) in [7, 11) is 1.94. The Balaban J connectivity index is 2.76. The number of pyridine rings is 1. The van der Waals surface area contributed by atoms with Crippen LogP contribution in [0.1, 0.15) is 11.3 Å². The van der Waals surface area contributed by atoms with Crippen LogP contribution < -0.4 is 0 Å². The zero-order valence-corrected chi connectivity index (χ0v) is 13.1. The maximum absolute atomic E-state index is 4.41. The van der Waals surface area contributed by atoms with Crippen molar-refractivity contribution in [2.45, 2.75) is 6.41 Å². The summed E-state index contributed by atoms with van der Waals surface area (Å²) in [5.74, 6) is 0. The summed E-state index contributed by atoms with van der Waals surface area (Å²) in [6.45, 7) is 2.03. The quantitative estimate of drug-likeness (QED) is 0.749. The standard InChI is InChI=1S/C9H10N3.Rb/c1-6-4-8-7(2)11-12(3)9(8)10-5-6;/h4-5H,1H2,2-3H3;. The molecule has 0 aliphatic rings. The van der Waals surface area contributed by atoms with Gasteiger partial charge < -0.3 is 0 Å². The van der Waals surface area contributed by atoms with Gasteiger partial charge in [0.15, 0.2) is 0 Å². The molecule has 0 aliphatic heterocycles. The Labute approximate surface area is 116 Å². The average Bonchev–Trinajstić information content (AvgIpc) is 2.42. The Hall–Kier alpha value is 0.425. The molecular weight excluding hydrogens is 236 g/mol. The van der Waals surface area contributed by atoms with Gasteiger partial charge in [0.2, 0.25) is 0 Å². The molecule has 2 heterocycles. The van der Waals surface area contributed by atoms with Crippen LogP contribution >= 0.6 is 0 Å². The van der Waals surface area contributed by atoms with E-state index in [1.165, 1.54) is 10.4 Å². The predicted molar refractivity (Wildman–Crippen MR) is 52.7 cm³/mol. The number of aromatic nitrogens is 3. The predicted octanol–water partition coefficient (Wildman–Crippen LogP) is 0.945. The topological polar surface area (TPSA) is 30.7 Å². The van der Waals surface area contributed by atoms with Crippen LogP contribution in [-0.4, -0.2) is 70.3 Å². The van der Waals surface area contributed by atoms with E-state index in [-0.39, 0.29) is 0 Å². The van der Waals surface area contributed by atoms with Gasteiger partial charge in [-0.05, 0) is 0 Å². The van der Waals surface area contributed by atoms with E-state index in [2.05, 4.69) is 16.1 Å². The first-order valence-electron chi connectivity index (χ1n) is 4.50. The molecule has 0 amide bonds. The molecule has 2 aromatic heterocycles. The van der Waals surface area contributed by atoms with Crippen molar-refractivity contribution in [1.82, 2.24) is 14.8 Å². The Kier molecular flexibility index (Phi) is 2.98. The van der Waals surface area contributed by atoms with E-state index in [0.29, 0.717) is 55.5 Å². The van der Waals surface area contributed by atoms with Crippen molar-refractivity contribution < 1.29 is 0 Å². The van der Waals surface area contributed by atoms with Gasteiger partial charge >= 0.3 is 118 Å². The first kappa shape index (κ1) is 9.96. The molecule has 0 saturated heterocycles. The zero-order chi connectivity index (χ0) is 9.42. The van der Waals surface area contributed by atoms with Crippen LogP contribution in [0.4, 0.5) is 0 Å². The minimum atomic E-state index is 0.707. The number of nitrogens with zero attached hydrogens (tertiary/aromatic N) is 3. The van der Waals surface area contributed by atoms with Crippen LogP contribution in [0.15, 0.2) is 12.3 Å². The van der Waals surface area contributed by atoms with Crippen LogP contribution in [0.25, 0.3) is 11.0 Å². The summed E-state index contributed by atoms with van der Waals surface area (Å²) in [5, 5.41) is 5.54. The Bertz CT molecular complexity index is 447. The molecular formula is C9H10N3Rb. The van der Waals surface area contributed by atoms with Gasteiger partial charge in [-0.1, -0.05) is 0 Å². The fraction of sp³-hybridized carbons (Fsp3) is 0.333. The summed E-state index contributed by atoms with van der Waals surface area (Å²) in [5.41, 5.74) is 3.43. The molecule has 2 rings (SSSR count). The van der Waals surface area contributed by atoms with E-state index in [1.807, 2.05) is 24.9 Å². The van der Waals surface area contributed by atoms with Crippen LogP contribution in [0.3, 0.4) is 0 Å². The fourth-order valence-electron chi connectivity index (χ4n) is 1.54. The third kappa shape index (κ3) is 1.80. The summed E-state index contributed by atoms with van der Waals surface area (Å²) < 4.78 is 3.08. The molecule has 0 radical (unpaired) electrons. The molecule has 3 nitrogen and oxygen atoms in total. The molecule has 0 saturated carbocycles. The molecule has 0 aromatic carbocycles. The van der Waals surface area contributed by atoms with Gasteiger partial charge in [0, 0.05) is 0 Å². The van der Waals surface area contributed by atoms with Gasteiger partial charge in [-0.3, -0.25) is 0 Å². The molecule has 0 unspecified atom stereocenters. The van der Waals surface area contributed by atoms with Crippen molar-refractivity contribution in [3.63, 3.8) is 0 Å². The number of rotatable bonds is 1. The van der Waals surface area contributed by atoms with Gasteiger partial charge in [-0.15, -0.1) is 0 Å². The number of fused-ring (bicyclic) bond motifs is 1. The average molecular weight is 246 g/mol. The summed E-state index contributed by atoms with van der Waals surface area (Å²) in [4.78, 5) is 4.41. The molecule has 4 heteroatoms. The third-order valence-electron chi connectivity index (χ3n) is 2.33. The van der Waals surface area contributed by atoms with Gasteiger partial charge in [-0.2, -0.15) is 0 Å². The van der Waals surface area contributed by atoms with Gasteiger partial charge in [0.1, 0.15) is 0 Å². The SMILES string of the molecule is Cc1nn(C)c2ncc([CH2][Rb])cc12. The molecule has 0 fully saturated rings. The van der Waals surface area contributed by atoms with E-state index in [1.54, 1.807) is 0 Å². The van der Waals surface area contributed by atoms with E-state index < -0.39 is 0 Å². The first-order valence-corrected chi connectivity index (χ1v) is 7.98. The van der Waals surface area contributed by atoms with Crippen molar-refractivity contribution >= 4 is 66.6 Å². The second-order valence-electron chi connectivity index (χ2n) is 3.28. The molecule has 62 valence electrons. The first-order chi connectivity index (χ1) is 6.22. The van der Waals surface area contributed by atoms with E-state index >= 15 is 0 Å². The molecule has 0 aliphatic carbocycles. The minimum absolute atomic E-state index is 0.707. The molecule has 0 spiro atoms. The summed E-state index contributed by atoms with van der Waals surface area (Å²) in [6.07, 6.45) is 1.97. The molecule has 13 heavy (non-hydrogen) atoms. The third-order valence-corrected chi connectivity index (χ3v) is 4.33. The molecule has 0 N–H and O–H groups in total. The number of hydrogen-bond donors (Lipinski definition) is 0. The second kappa shape index (κ2) is 3.89. The van der Waals surface area contributed by atoms with Crippen molar-refractivity contribution in [2.75, 3.05) is 0 Å². The van der Waals surface area contributed by atoms with Crippen molar-refractivity contribution in [3.05, 3.63) is 23.5 Å². The Morgan fingerprint density at radius 3 is 3.00 bits per heavy atom. The van der Waals surface area contributed by atoms with Crippen LogP contribution in [0.5, 0.6) is 0 Å². The van der Waals surface area contributed by atoms with Gasteiger partial charge in [0.05, 0.1) is 0 Å². The summed E-state index contributed by atoms with van der Waals surface area (Å²) >= 11 is 0.707.